The van der Waals surface area contributed by atoms with Gasteiger partial charge in [-0.15, -0.1) is 5.75 Å². The molecule has 0 radical (unpaired) electrons. The first-order valence-corrected chi connectivity index (χ1v) is 11.2. The highest BCUT2D eigenvalue weighted by molar-refractivity contribution is 6.31. The van der Waals surface area contributed by atoms with Crippen LogP contribution in [0.4, 0.5) is 17.1 Å². The summed E-state index contributed by atoms with van der Waals surface area (Å²) in [6, 6.07) is 19.8. The van der Waals surface area contributed by atoms with Gasteiger partial charge >= 0.3 is 0 Å². The Hall–Kier alpha value is -3.55. The molecule has 0 aromatic heterocycles. The van der Waals surface area contributed by atoms with E-state index in [-0.39, 0.29) is 11.7 Å². The standard InChI is InChI=1S/C25H24ClN5O2/c1-31(29-25(33)17-5-4-6-19(32)15-17)13-11-30(12-14-31)24-20-7-2-3-8-21(20)27-22-10-9-18(26)16-23(22)28-24/h2-10,15-16H,11-14H2,1H3,(H2-,27,28,29,32,33). The van der Waals surface area contributed by atoms with Gasteiger partial charge in [0.15, 0.2) is 0 Å². The molecule has 0 saturated carbocycles. The number of amides is 1. The van der Waals surface area contributed by atoms with Gasteiger partial charge in [0, 0.05) is 21.8 Å². The molecule has 2 aliphatic heterocycles. The van der Waals surface area contributed by atoms with Crippen molar-refractivity contribution in [2.75, 3.05) is 38.5 Å². The fraction of sp³-hybridized carbons (Fsp3) is 0.200. The smallest absolute Gasteiger partial charge is 0.295 e. The van der Waals surface area contributed by atoms with E-state index in [2.05, 4.69) is 21.7 Å². The summed E-state index contributed by atoms with van der Waals surface area (Å²) in [5.41, 5.74) is 7.18. The van der Waals surface area contributed by atoms with E-state index in [1.165, 1.54) is 12.1 Å². The minimum atomic E-state index is -0.242. The van der Waals surface area contributed by atoms with Gasteiger partial charge in [0.1, 0.15) is 18.9 Å². The maximum absolute atomic E-state index is 12.7. The molecule has 2 aliphatic rings. The number of fused-ring (bicyclic) bond motifs is 2. The fourth-order valence-corrected chi connectivity index (χ4v) is 4.39. The van der Waals surface area contributed by atoms with Crippen molar-refractivity contribution in [3.05, 3.63) is 82.9 Å². The van der Waals surface area contributed by atoms with Gasteiger partial charge in [-0.05, 0) is 36.4 Å². The van der Waals surface area contributed by atoms with E-state index in [0.29, 0.717) is 41.4 Å². The average molecular weight is 462 g/mol. The molecule has 3 aromatic rings. The number of aliphatic imine (C=N–C) groups is 1. The average Bonchev–Trinajstić information content (AvgIpc) is 2.96. The van der Waals surface area contributed by atoms with Gasteiger partial charge in [-0.3, -0.25) is 4.79 Å². The molecule has 3 aromatic carbocycles. The third kappa shape index (κ3) is 4.37. The van der Waals surface area contributed by atoms with Gasteiger partial charge in [-0.1, -0.05) is 41.9 Å². The highest BCUT2D eigenvalue weighted by Gasteiger charge is 2.34. The van der Waals surface area contributed by atoms with Gasteiger partial charge in [-0.25, -0.2) is 9.58 Å². The van der Waals surface area contributed by atoms with Crippen molar-refractivity contribution >= 4 is 40.4 Å². The first-order valence-electron chi connectivity index (χ1n) is 10.8. The molecule has 1 amide bonds. The third-order valence-electron chi connectivity index (χ3n) is 6.12. The van der Waals surface area contributed by atoms with Crippen LogP contribution >= 0.6 is 11.6 Å². The molecule has 8 heteroatoms. The van der Waals surface area contributed by atoms with E-state index < -0.39 is 0 Å². The summed E-state index contributed by atoms with van der Waals surface area (Å²) in [6.07, 6.45) is 0. The number of carbonyl (C=O) groups is 1. The van der Waals surface area contributed by atoms with Gasteiger partial charge < -0.3 is 15.3 Å². The highest BCUT2D eigenvalue weighted by atomic mass is 35.5. The summed E-state index contributed by atoms with van der Waals surface area (Å²) >= 11 is 6.25. The maximum atomic E-state index is 12.7. The molecule has 2 heterocycles. The maximum Gasteiger partial charge on any atom is 0.295 e. The third-order valence-corrected chi connectivity index (χ3v) is 6.35. The SMILES string of the molecule is C[N+]1(NC(=O)c2cccc([O-])c2)CCN(C2=Nc3cc(Cl)ccc3Nc3ccccc32)CC1. The topological polar surface area (TPSA) is 79.8 Å². The summed E-state index contributed by atoms with van der Waals surface area (Å²) in [5.74, 6) is 0.471. The lowest BCUT2D eigenvalue weighted by atomic mass is 10.1. The molecule has 1 saturated heterocycles. The normalized spacial score (nSPS) is 16.5. The summed E-state index contributed by atoms with van der Waals surface area (Å²) in [4.78, 5) is 20.0. The quantitative estimate of drug-likeness (QED) is 0.571. The minimum absolute atomic E-state index is 0.172. The summed E-state index contributed by atoms with van der Waals surface area (Å²) < 4.78 is 0.383. The number of likely N-dealkylation sites (N-methyl/N-ethyl adjacent to an activating group) is 1. The van der Waals surface area contributed by atoms with Crippen LogP contribution in [0.15, 0.2) is 71.7 Å². The van der Waals surface area contributed by atoms with Crippen LogP contribution in [0.2, 0.25) is 5.02 Å². The molecule has 0 aliphatic carbocycles. The summed E-state index contributed by atoms with van der Waals surface area (Å²) in [5, 5.41) is 15.7. The lowest BCUT2D eigenvalue weighted by Crippen LogP contribution is -2.65. The number of hydrogen-bond donors (Lipinski definition) is 2. The van der Waals surface area contributed by atoms with E-state index in [0.717, 1.165) is 28.5 Å². The van der Waals surface area contributed by atoms with Gasteiger partial charge in [0.25, 0.3) is 5.91 Å². The van der Waals surface area contributed by atoms with E-state index in [9.17, 15) is 9.90 Å². The lowest BCUT2D eigenvalue weighted by Gasteiger charge is -2.42. The molecular formula is C25H24ClN5O2. The minimum Gasteiger partial charge on any atom is -0.872 e. The molecule has 5 rings (SSSR count). The Morgan fingerprint density at radius 2 is 1.85 bits per heavy atom. The number of carbonyl (C=O) groups excluding carboxylic acids is 1. The number of para-hydroxylation sites is 1. The van der Waals surface area contributed by atoms with E-state index in [1.807, 2.05) is 43.4 Å². The second-order valence-corrected chi connectivity index (χ2v) is 9.00. The summed E-state index contributed by atoms with van der Waals surface area (Å²) in [7, 11) is 2.00. The zero-order valence-corrected chi connectivity index (χ0v) is 19.0. The predicted octanol–water partition coefficient (Wildman–Crippen LogP) is 3.66. The monoisotopic (exact) mass is 461 g/mol. The number of halogens is 1. The Bertz CT molecular complexity index is 1250. The number of anilines is 2. The van der Waals surface area contributed by atoms with Crippen LogP contribution in [-0.4, -0.2) is 54.5 Å². The molecule has 33 heavy (non-hydrogen) atoms. The Morgan fingerprint density at radius 3 is 2.64 bits per heavy atom. The highest BCUT2D eigenvalue weighted by Crippen LogP contribution is 2.36. The van der Waals surface area contributed by atoms with Crippen molar-refractivity contribution in [1.82, 2.24) is 10.3 Å². The number of nitrogens with one attached hydrogen (secondary N) is 2. The molecule has 0 unspecified atom stereocenters. The molecule has 0 bridgehead atoms. The Balaban J connectivity index is 1.38. The van der Waals surface area contributed by atoms with E-state index >= 15 is 0 Å². The van der Waals surface area contributed by atoms with Crippen molar-refractivity contribution in [3.8, 4) is 5.75 Å². The molecule has 0 spiro atoms. The van der Waals surface area contributed by atoms with Gasteiger partial charge in [0.05, 0.1) is 31.5 Å². The lowest BCUT2D eigenvalue weighted by molar-refractivity contribution is -0.946. The van der Waals surface area contributed by atoms with Crippen LogP contribution in [0.1, 0.15) is 15.9 Å². The van der Waals surface area contributed by atoms with Crippen molar-refractivity contribution in [2.24, 2.45) is 4.99 Å². The fourth-order valence-electron chi connectivity index (χ4n) is 4.23. The van der Waals surface area contributed by atoms with Gasteiger partial charge in [0.2, 0.25) is 0 Å². The van der Waals surface area contributed by atoms with Crippen molar-refractivity contribution in [1.29, 1.82) is 0 Å². The summed E-state index contributed by atoms with van der Waals surface area (Å²) in [6.45, 7) is 2.81. The van der Waals surface area contributed by atoms with E-state index in [1.54, 1.807) is 12.1 Å². The number of hydrogen-bond acceptors (Lipinski definition) is 5. The number of benzene rings is 3. The first kappa shape index (κ1) is 21.3. The predicted molar refractivity (Wildman–Crippen MR) is 128 cm³/mol. The Morgan fingerprint density at radius 1 is 1.06 bits per heavy atom. The largest absolute Gasteiger partial charge is 0.872 e. The zero-order chi connectivity index (χ0) is 23.0. The van der Waals surface area contributed by atoms with Crippen LogP contribution in [0, 0.1) is 0 Å². The molecule has 0 atom stereocenters. The molecule has 168 valence electrons. The number of quaternary nitrogens is 1. The van der Waals surface area contributed by atoms with Crippen molar-refractivity contribution in [3.63, 3.8) is 0 Å². The number of nitrogens with zero attached hydrogens (tertiary/aromatic N) is 3. The van der Waals surface area contributed by atoms with Crippen molar-refractivity contribution in [2.45, 2.75) is 0 Å². The Kier molecular flexibility index (Phi) is 5.44. The van der Waals surface area contributed by atoms with E-state index in [4.69, 9.17) is 16.6 Å². The van der Waals surface area contributed by atoms with Crippen LogP contribution < -0.4 is 15.8 Å². The first-order chi connectivity index (χ1) is 15.9. The van der Waals surface area contributed by atoms with Crippen LogP contribution in [0.3, 0.4) is 0 Å². The zero-order valence-electron chi connectivity index (χ0n) is 18.2. The van der Waals surface area contributed by atoms with Crippen LogP contribution in [0.25, 0.3) is 0 Å². The molecule has 7 nitrogen and oxygen atoms in total. The molecule has 2 N–H and O–H groups in total. The van der Waals surface area contributed by atoms with Crippen molar-refractivity contribution < 1.29 is 14.5 Å². The number of piperazine rings is 1. The number of rotatable bonds is 2. The number of amidine groups is 1. The van der Waals surface area contributed by atoms with Crippen LogP contribution in [-0.2, 0) is 0 Å². The second-order valence-electron chi connectivity index (χ2n) is 8.57. The molecular weight excluding hydrogens is 438 g/mol. The molecule has 1 fully saturated rings. The Labute approximate surface area is 197 Å². The second kappa shape index (κ2) is 8.42. The van der Waals surface area contributed by atoms with Crippen LogP contribution in [0.5, 0.6) is 5.75 Å². The van der Waals surface area contributed by atoms with Gasteiger partial charge in [-0.2, -0.15) is 5.43 Å².